The molecule has 0 amide bonds. The lowest BCUT2D eigenvalue weighted by atomic mass is 10.1. The van der Waals surface area contributed by atoms with Crippen LogP contribution in [0.4, 0.5) is 5.69 Å². The Kier molecular flexibility index (Phi) is 4.24. The van der Waals surface area contributed by atoms with Crippen LogP contribution in [0.3, 0.4) is 0 Å². The smallest absolute Gasteiger partial charge is 0.287 e. The molecule has 1 fully saturated rings. The van der Waals surface area contributed by atoms with Crippen molar-refractivity contribution in [1.29, 1.82) is 0 Å². The molecule has 0 saturated carbocycles. The molecule has 1 aromatic heterocycles. The molecule has 0 spiro atoms. The number of nitrogens with one attached hydrogen (secondary N) is 1. The van der Waals surface area contributed by atoms with Crippen LogP contribution in [0, 0.1) is 0 Å². The van der Waals surface area contributed by atoms with Gasteiger partial charge in [-0.15, -0.1) is 0 Å². The fraction of sp³-hybridized carbons (Fsp3) is 0.667. The first-order valence-electron chi connectivity index (χ1n) is 6.26. The van der Waals surface area contributed by atoms with E-state index in [0.29, 0.717) is 6.04 Å². The number of anilines is 1. The number of aromatic nitrogens is 2. The molecule has 0 radical (unpaired) electrons. The van der Waals surface area contributed by atoms with Crippen LogP contribution in [0.15, 0.2) is 11.0 Å². The maximum atomic E-state index is 11.8. The third kappa shape index (κ3) is 2.67. The summed E-state index contributed by atoms with van der Waals surface area (Å²) in [4.78, 5) is 13.9. The lowest BCUT2D eigenvalue weighted by molar-refractivity contribution is 0.563. The molecule has 1 aliphatic heterocycles. The number of hydrogen-bond donors (Lipinski definition) is 1. The van der Waals surface area contributed by atoms with E-state index < -0.39 is 0 Å². The summed E-state index contributed by atoms with van der Waals surface area (Å²) < 4.78 is 1.26. The number of halogens is 1. The van der Waals surface area contributed by atoms with Crippen molar-refractivity contribution in [3.63, 3.8) is 0 Å². The normalized spacial score (nSPS) is 20.5. The van der Waals surface area contributed by atoms with Crippen LogP contribution >= 0.6 is 11.6 Å². The fourth-order valence-electron chi connectivity index (χ4n) is 2.33. The SMILES string of the molecule is CN(c1cnn(C)c(=O)c1Cl)C1CCCNCC1. The van der Waals surface area contributed by atoms with Crippen molar-refractivity contribution in [2.24, 2.45) is 7.05 Å². The fourth-order valence-corrected chi connectivity index (χ4v) is 2.64. The topological polar surface area (TPSA) is 50.2 Å². The average Bonchev–Trinajstić information content (AvgIpc) is 2.64. The van der Waals surface area contributed by atoms with Crippen molar-refractivity contribution < 1.29 is 0 Å². The van der Waals surface area contributed by atoms with Gasteiger partial charge in [0.05, 0.1) is 11.9 Å². The van der Waals surface area contributed by atoms with Gasteiger partial charge in [0.2, 0.25) is 0 Å². The molecular weight excluding hydrogens is 252 g/mol. The van der Waals surface area contributed by atoms with Gasteiger partial charge in [-0.2, -0.15) is 5.10 Å². The summed E-state index contributed by atoms with van der Waals surface area (Å²) in [7, 11) is 3.59. The highest BCUT2D eigenvalue weighted by Gasteiger charge is 2.20. The van der Waals surface area contributed by atoms with Crippen LogP contribution in [0.5, 0.6) is 0 Å². The van der Waals surface area contributed by atoms with E-state index in [1.807, 2.05) is 7.05 Å². The molecule has 5 nitrogen and oxygen atoms in total. The Morgan fingerprint density at radius 3 is 3.06 bits per heavy atom. The largest absolute Gasteiger partial charge is 0.369 e. The molecule has 0 aliphatic carbocycles. The quantitative estimate of drug-likeness (QED) is 0.872. The first-order chi connectivity index (χ1) is 8.61. The second kappa shape index (κ2) is 5.71. The summed E-state index contributed by atoms with van der Waals surface area (Å²) in [6.45, 7) is 2.07. The first-order valence-corrected chi connectivity index (χ1v) is 6.64. The zero-order chi connectivity index (χ0) is 13.1. The maximum absolute atomic E-state index is 11.8. The zero-order valence-corrected chi connectivity index (χ0v) is 11.6. The maximum Gasteiger partial charge on any atom is 0.287 e. The standard InChI is InChI=1S/C12H19ClN4O/c1-16(9-4-3-6-14-7-5-9)10-8-15-17(2)12(18)11(10)13/h8-9,14H,3-7H2,1-2H3. The predicted octanol–water partition coefficient (Wildman–Crippen LogP) is 1.01. The van der Waals surface area contributed by atoms with Gasteiger partial charge in [0, 0.05) is 20.1 Å². The summed E-state index contributed by atoms with van der Waals surface area (Å²) >= 11 is 6.12. The molecule has 18 heavy (non-hydrogen) atoms. The highest BCUT2D eigenvalue weighted by atomic mass is 35.5. The number of aryl methyl sites for hydroxylation is 1. The molecule has 2 heterocycles. The molecule has 0 bridgehead atoms. The first kappa shape index (κ1) is 13.4. The minimum atomic E-state index is -0.243. The Balaban J connectivity index is 2.25. The van der Waals surface area contributed by atoms with Crippen molar-refractivity contribution in [3.8, 4) is 0 Å². The summed E-state index contributed by atoms with van der Waals surface area (Å²) in [6.07, 6.45) is 4.98. The monoisotopic (exact) mass is 270 g/mol. The van der Waals surface area contributed by atoms with Crippen LogP contribution in [0.1, 0.15) is 19.3 Å². The van der Waals surface area contributed by atoms with Gasteiger partial charge in [-0.25, -0.2) is 4.68 Å². The van der Waals surface area contributed by atoms with Gasteiger partial charge in [-0.1, -0.05) is 11.6 Å². The van der Waals surface area contributed by atoms with Gasteiger partial charge in [0.1, 0.15) is 5.02 Å². The third-order valence-corrected chi connectivity index (χ3v) is 3.89. The molecule has 0 aromatic carbocycles. The minimum Gasteiger partial charge on any atom is -0.369 e. The molecule has 1 aromatic rings. The van der Waals surface area contributed by atoms with E-state index in [1.165, 1.54) is 4.68 Å². The van der Waals surface area contributed by atoms with Gasteiger partial charge in [-0.3, -0.25) is 4.79 Å². The van der Waals surface area contributed by atoms with E-state index in [-0.39, 0.29) is 10.6 Å². The van der Waals surface area contributed by atoms with Crippen molar-refractivity contribution in [1.82, 2.24) is 15.1 Å². The molecule has 1 N–H and O–H groups in total. The Morgan fingerprint density at radius 2 is 2.28 bits per heavy atom. The van der Waals surface area contributed by atoms with Gasteiger partial charge in [-0.05, 0) is 32.4 Å². The molecule has 6 heteroatoms. The van der Waals surface area contributed by atoms with Crippen LogP contribution in [0.2, 0.25) is 5.02 Å². The number of nitrogens with zero attached hydrogens (tertiary/aromatic N) is 3. The Labute approximate surface area is 112 Å². The Morgan fingerprint density at radius 1 is 1.50 bits per heavy atom. The highest BCUT2D eigenvalue weighted by Crippen LogP contribution is 2.24. The average molecular weight is 271 g/mol. The number of rotatable bonds is 2. The van der Waals surface area contributed by atoms with Crippen molar-refractivity contribution >= 4 is 17.3 Å². The zero-order valence-electron chi connectivity index (χ0n) is 10.8. The Hall–Kier alpha value is -1.07. The van der Waals surface area contributed by atoms with Crippen LogP contribution in [-0.4, -0.2) is 36.0 Å². The lowest BCUT2D eigenvalue weighted by Gasteiger charge is -2.29. The molecule has 1 unspecified atom stereocenters. The van der Waals surface area contributed by atoms with Crippen molar-refractivity contribution in [2.45, 2.75) is 25.3 Å². The second-order valence-electron chi connectivity index (χ2n) is 4.72. The highest BCUT2D eigenvalue weighted by molar-refractivity contribution is 6.33. The lowest BCUT2D eigenvalue weighted by Crippen LogP contribution is -2.34. The Bertz CT molecular complexity index is 466. The number of hydrogen-bond acceptors (Lipinski definition) is 4. The van der Waals surface area contributed by atoms with Crippen molar-refractivity contribution in [2.75, 3.05) is 25.0 Å². The molecule has 1 atom stereocenters. The van der Waals surface area contributed by atoms with Gasteiger partial charge in [0.15, 0.2) is 0 Å². The van der Waals surface area contributed by atoms with E-state index in [2.05, 4.69) is 15.3 Å². The van der Waals surface area contributed by atoms with Gasteiger partial charge < -0.3 is 10.2 Å². The summed E-state index contributed by atoms with van der Waals surface area (Å²) in [5.74, 6) is 0. The molecule has 100 valence electrons. The van der Waals surface area contributed by atoms with Crippen LogP contribution < -0.4 is 15.8 Å². The predicted molar refractivity (Wildman–Crippen MR) is 73.4 cm³/mol. The van der Waals surface area contributed by atoms with E-state index >= 15 is 0 Å². The second-order valence-corrected chi connectivity index (χ2v) is 5.10. The van der Waals surface area contributed by atoms with Crippen molar-refractivity contribution in [3.05, 3.63) is 21.6 Å². The van der Waals surface area contributed by atoms with E-state index in [9.17, 15) is 4.79 Å². The molecular formula is C12H19ClN4O. The minimum absolute atomic E-state index is 0.243. The van der Waals surface area contributed by atoms with E-state index in [0.717, 1.165) is 38.0 Å². The summed E-state index contributed by atoms with van der Waals surface area (Å²) in [6, 6.07) is 0.409. The summed E-state index contributed by atoms with van der Waals surface area (Å²) in [5.41, 5.74) is 0.486. The van der Waals surface area contributed by atoms with Crippen LogP contribution in [0.25, 0.3) is 0 Å². The molecule has 1 aliphatic rings. The molecule has 1 saturated heterocycles. The van der Waals surface area contributed by atoms with E-state index in [4.69, 9.17) is 11.6 Å². The van der Waals surface area contributed by atoms with Gasteiger partial charge in [0.25, 0.3) is 5.56 Å². The van der Waals surface area contributed by atoms with Gasteiger partial charge >= 0.3 is 0 Å². The third-order valence-electron chi connectivity index (χ3n) is 3.53. The van der Waals surface area contributed by atoms with E-state index in [1.54, 1.807) is 13.2 Å². The summed E-state index contributed by atoms with van der Waals surface area (Å²) in [5, 5.41) is 7.68. The van der Waals surface area contributed by atoms with Crippen LogP contribution in [-0.2, 0) is 7.05 Å². The molecule has 2 rings (SSSR count).